The highest BCUT2D eigenvalue weighted by Crippen LogP contribution is 2.36. The highest BCUT2D eigenvalue weighted by atomic mass is 127. The molecule has 0 bridgehead atoms. The minimum atomic E-state index is 0.00482. The summed E-state index contributed by atoms with van der Waals surface area (Å²) in [5.41, 5.74) is 7.17. The van der Waals surface area contributed by atoms with Crippen LogP contribution < -0.4 is 5.73 Å². The van der Waals surface area contributed by atoms with Crippen LogP contribution in [0.2, 0.25) is 0 Å². The van der Waals surface area contributed by atoms with Crippen LogP contribution in [-0.2, 0) is 11.2 Å². The molecule has 1 fully saturated rings. The van der Waals surface area contributed by atoms with Crippen LogP contribution in [0.25, 0.3) is 0 Å². The lowest BCUT2D eigenvalue weighted by atomic mass is 9.85. The predicted octanol–water partition coefficient (Wildman–Crippen LogP) is 4.27. The molecule has 1 aromatic rings. The van der Waals surface area contributed by atoms with Crippen LogP contribution in [-0.4, -0.2) is 16.6 Å². The molecule has 4 nitrogen and oxygen atoms in total. The van der Waals surface area contributed by atoms with E-state index in [4.69, 9.17) is 15.5 Å². The number of aryl methyl sites for hydroxylation is 1. The average Bonchev–Trinajstić information content (AvgIpc) is 2.50. The maximum atomic E-state index is 6.10. The van der Waals surface area contributed by atoms with Crippen molar-refractivity contribution in [1.29, 1.82) is 0 Å². The fourth-order valence-corrected chi connectivity index (χ4v) is 3.61. The van der Waals surface area contributed by atoms with E-state index >= 15 is 0 Å². The van der Waals surface area contributed by atoms with Gasteiger partial charge in [0.25, 0.3) is 0 Å². The Morgan fingerprint density at radius 3 is 2.57 bits per heavy atom. The topological polar surface area (TPSA) is 61.0 Å². The lowest BCUT2D eigenvalue weighted by Crippen LogP contribution is -2.22. The molecule has 5 heteroatoms. The molecular weight excluding hydrogens is 377 g/mol. The number of nitrogens with two attached hydrogens (primary N) is 1. The molecule has 1 aromatic heterocycles. The van der Waals surface area contributed by atoms with Gasteiger partial charge in [-0.1, -0.05) is 32.6 Å². The van der Waals surface area contributed by atoms with E-state index in [0.29, 0.717) is 18.3 Å². The third-order valence-corrected chi connectivity index (χ3v) is 5.30. The molecule has 1 aliphatic rings. The third kappa shape index (κ3) is 4.28. The van der Waals surface area contributed by atoms with Gasteiger partial charge in [0.2, 0.25) is 0 Å². The molecule has 2 N–H and O–H groups in total. The van der Waals surface area contributed by atoms with Gasteiger partial charge in [-0.3, -0.25) is 0 Å². The van der Waals surface area contributed by atoms with Crippen molar-refractivity contribution in [3.05, 3.63) is 15.1 Å². The molecule has 0 spiro atoms. The smallest absolute Gasteiger partial charge is 0.160 e. The lowest BCUT2D eigenvalue weighted by molar-refractivity contribution is -0.000250. The van der Waals surface area contributed by atoms with E-state index in [1.165, 1.54) is 32.1 Å². The van der Waals surface area contributed by atoms with Gasteiger partial charge in [-0.15, -0.1) is 0 Å². The van der Waals surface area contributed by atoms with Crippen LogP contribution in [0.4, 0.5) is 5.82 Å². The standard InChI is InChI=1S/C16H26IN3O/c1-3-8-12-13(17)15(18)20-16(19-12)14(21-4-2)11-9-6-5-7-10-11/h11,14H,3-10H2,1-2H3,(H2,18,19,20). The van der Waals surface area contributed by atoms with E-state index < -0.39 is 0 Å². The van der Waals surface area contributed by atoms with Gasteiger partial charge in [-0.05, 0) is 54.7 Å². The van der Waals surface area contributed by atoms with Crippen molar-refractivity contribution in [2.24, 2.45) is 5.92 Å². The largest absolute Gasteiger partial charge is 0.383 e. The van der Waals surface area contributed by atoms with Crippen molar-refractivity contribution in [3.8, 4) is 0 Å². The Hall–Kier alpha value is -0.430. The molecule has 1 atom stereocenters. The summed E-state index contributed by atoms with van der Waals surface area (Å²) in [7, 11) is 0. The van der Waals surface area contributed by atoms with E-state index in [-0.39, 0.29) is 6.10 Å². The Kier molecular flexibility index (Phi) is 6.67. The summed E-state index contributed by atoms with van der Waals surface area (Å²) in [4.78, 5) is 9.34. The number of nitrogen functional groups attached to an aromatic ring is 1. The fourth-order valence-electron chi connectivity index (χ4n) is 3.10. The number of hydrogen-bond donors (Lipinski definition) is 1. The summed E-state index contributed by atoms with van der Waals surface area (Å²) in [6.45, 7) is 4.90. The highest BCUT2D eigenvalue weighted by Gasteiger charge is 2.28. The minimum Gasteiger partial charge on any atom is -0.383 e. The van der Waals surface area contributed by atoms with Crippen molar-refractivity contribution >= 4 is 28.4 Å². The Morgan fingerprint density at radius 2 is 1.95 bits per heavy atom. The minimum absolute atomic E-state index is 0.00482. The molecule has 0 radical (unpaired) electrons. The van der Waals surface area contributed by atoms with E-state index in [9.17, 15) is 0 Å². The zero-order valence-electron chi connectivity index (χ0n) is 13.1. The van der Waals surface area contributed by atoms with Crippen LogP contribution in [0.1, 0.15) is 70.0 Å². The quantitative estimate of drug-likeness (QED) is 0.721. The maximum Gasteiger partial charge on any atom is 0.160 e. The number of halogens is 1. The van der Waals surface area contributed by atoms with Gasteiger partial charge in [-0.2, -0.15) is 0 Å². The Bertz CT molecular complexity index is 461. The van der Waals surface area contributed by atoms with Crippen LogP contribution in [0.3, 0.4) is 0 Å². The van der Waals surface area contributed by atoms with E-state index in [2.05, 4.69) is 34.5 Å². The Balaban J connectivity index is 2.30. The van der Waals surface area contributed by atoms with Crippen molar-refractivity contribution in [3.63, 3.8) is 0 Å². The summed E-state index contributed by atoms with van der Waals surface area (Å²) in [6.07, 6.45) is 8.35. The van der Waals surface area contributed by atoms with Gasteiger partial charge in [0, 0.05) is 6.61 Å². The first kappa shape index (κ1) is 16.9. The molecule has 118 valence electrons. The molecule has 1 heterocycles. The van der Waals surface area contributed by atoms with Crippen LogP contribution in [0, 0.1) is 9.49 Å². The summed E-state index contributed by atoms with van der Waals surface area (Å²) in [5, 5.41) is 0. The number of rotatable bonds is 6. The first-order chi connectivity index (χ1) is 10.2. The molecule has 0 aromatic carbocycles. The molecule has 2 rings (SSSR count). The van der Waals surface area contributed by atoms with Gasteiger partial charge in [0.05, 0.1) is 9.26 Å². The number of anilines is 1. The second-order valence-electron chi connectivity index (χ2n) is 5.75. The number of hydrogen-bond acceptors (Lipinski definition) is 4. The third-order valence-electron chi connectivity index (χ3n) is 4.13. The highest BCUT2D eigenvalue weighted by molar-refractivity contribution is 14.1. The zero-order chi connectivity index (χ0) is 15.2. The normalized spacial score (nSPS) is 17.9. The van der Waals surface area contributed by atoms with Gasteiger partial charge in [-0.25, -0.2) is 9.97 Å². The van der Waals surface area contributed by atoms with E-state index in [0.717, 1.165) is 27.9 Å². The van der Waals surface area contributed by atoms with Gasteiger partial charge >= 0.3 is 0 Å². The monoisotopic (exact) mass is 403 g/mol. The summed E-state index contributed by atoms with van der Waals surface area (Å²) >= 11 is 2.25. The van der Waals surface area contributed by atoms with Gasteiger partial charge in [0.1, 0.15) is 11.9 Å². The predicted molar refractivity (Wildman–Crippen MR) is 94.1 cm³/mol. The summed E-state index contributed by atoms with van der Waals surface area (Å²) < 4.78 is 7.01. The lowest BCUT2D eigenvalue weighted by Gasteiger charge is -2.29. The molecule has 0 amide bonds. The number of nitrogens with zero attached hydrogens (tertiary/aromatic N) is 2. The van der Waals surface area contributed by atoms with Gasteiger partial charge in [0.15, 0.2) is 5.82 Å². The molecule has 0 aliphatic heterocycles. The second-order valence-corrected chi connectivity index (χ2v) is 6.83. The van der Waals surface area contributed by atoms with Crippen molar-refractivity contribution in [1.82, 2.24) is 9.97 Å². The molecule has 1 saturated carbocycles. The Morgan fingerprint density at radius 1 is 1.24 bits per heavy atom. The van der Waals surface area contributed by atoms with E-state index in [1.807, 2.05) is 6.92 Å². The first-order valence-electron chi connectivity index (χ1n) is 8.10. The average molecular weight is 403 g/mol. The second kappa shape index (κ2) is 8.27. The van der Waals surface area contributed by atoms with E-state index in [1.54, 1.807) is 0 Å². The van der Waals surface area contributed by atoms with Gasteiger partial charge < -0.3 is 10.5 Å². The Labute approximate surface area is 141 Å². The molecule has 0 saturated heterocycles. The number of ether oxygens (including phenoxy) is 1. The molecule has 21 heavy (non-hydrogen) atoms. The fraction of sp³-hybridized carbons (Fsp3) is 0.750. The van der Waals surface area contributed by atoms with Crippen molar-refractivity contribution in [2.45, 2.75) is 64.9 Å². The zero-order valence-corrected chi connectivity index (χ0v) is 15.2. The summed E-state index contributed by atoms with van der Waals surface area (Å²) in [5.74, 6) is 1.93. The summed E-state index contributed by atoms with van der Waals surface area (Å²) in [6, 6.07) is 0. The molecular formula is C16H26IN3O. The van der Waals surface area contributed by atoms with Crippen LogP contribution in [0.15, 0.2) is 0 Å². The van der Waals surface area contributed by atoms with Crippen molar-refractivity contribution in [2.75, 3.05) is 12.3 Å². The molecule has 1 unspecified atom stereocenters. The first-order valence-corrected chi connectivity index (χ1v) is 9.18. The number of aromatic nitrogens is 2. The van der Waals surface area contributed by atoms with Crippen molar-refractivity contribution < 1.29 is 4.74 Å². The SMILES string of the molecule is CCCc1nc(C(OCC)C2CCCCC2)nc(N)c1I. The van der Waals surface area contributed by atoms with Crippen LogP contribution in [0.5, 0.6) is 0 Å². The van der Waals surface area contributed by atoms with Crippen LogP contribution >= 0.6 is 22.6 Å². The molecule has 1 aliphatic carbocycles. The maximum absolute atomic E-state index is 6.10.